The van der Waals surface area contributed by atoms with Crippen LogP contribution in [0.2, 0.25) is 0 Å². The van der Waals surface area contributed by atoms with Crippen LogP contribution in [-0.2, 0) is 11.3 Å². The lowest BCUT2D eigenvalue weighted by molar-refractivity contribution is -0.132. The lowest BCUT2D eigenvalue weighted by Gasteiger charge is -2.36. The van der Waals surface area contributed by atoms with Gasteiger partial charge in [-0.2, -0.15) is 0 Å². The third-order valence-corrected chi connectivity index (χ3v) is 5.69. The minimum Gasteiger partial charge on any atom is -0.495 e. The summed E-state index contributed by atoms with van der Waals surface area (Å²) in [5.41, 5.74) is 1.21. The molecule has 1 fully saturated rings. The topological polar surface area (TPSA) is 86.1 Å². The van der Waals surface area contributed by atoms with Crippen molar-refractivity contribution in [1.29, 1.82) is 0 Å². The van der Waals surface area contributed by atoms with E-state index in [0.717, 1.165) is 11.4 Å². The highest BCUT2D eigenvalue weighted by molar-refractivity contribution is 5.82. The second-order valence-corrected chi connectivity index (χ2v) is 7.44. The van der Waals surface area contributed by atoms with E-state index < -0.39 is 0 Å². The van der Waals surface area contributed by atoms with Crippen molar-refractivity contribution >= 4 is 22.5 Å². The summed E-state index contributed by atoms with van der Waals surface area (Å²) in [4.78, 5) is 34.2. The standard InChI is InChI=1S/C23H26N4O5/c1-30-19-7-5-4-6-18(19)25-8-10-26(11-9-25)22(28)14-27-15-24-17-13-21(32-3)20(31-2)12-16(17)23(27)29/h4-7,12-13,15H,8-11,14H2,1-3H3. The van der Waals surface area contributed by atoms with Crippen LogP contribution >= 0.6 is 0 Å². The first-order chi connectivity index (χ1) is 15.5. The molecule has 2 heterocycles. The van der Waals surface area contributed by atoms with Crippen LogP contribution in [0.3, 0.4) is 0 Å². The summed E-state index contributed by atoms with van der Waals surface area (Å²) in [7, 11) is 4.68. The summed E-state index contributed by atoms with van der Waals surface area (Å²) < 4.78 is 17.3. The van der Waals surface area contributed by atoms with Crippen LogP contribution in [0.25, 0.3) is 10.9 Å². The molecule has 0 bridgehead atoms. The highest BCUT2D eigenvalue weighted by atomic mass is 16.5. The van der Waals surface area contributed by atoms with Gasteiger partial charge in [-0.3, -0.25) is 14.2 Å². The molecule has 32 heavy (non-hydrogen) atoms. The average Bonchev–Trinajstić information content (AvgIpc) is 2.85. The number of hydrogen-bond donors (Lipinski definition) is 0. The van der Waals surface area contributed by atoms with Crippen molar-refractivity contribution in [3.05, 3.63) is 53.1 Å². The van der Waals surface area contributed by atoms with Crippen LogP contribution in [0.4, 0.5) is 5.69 Å². The molecule has 4 rings (SSSR count). The molecule has 0 unspecified atom stereocenters. The molecule has 9 nitrogen and oxygen atoms in total. The Balaban J connectivity index is 1.47. The van der Waals surface area contributed by atoms with E-state index in [1.165, 1.54) is 25.1 Å². The van der Waals surface area contributed by atoms with E-state index in [0.29, 0.717) is 48.6 Å². The van der Waals surface area contributed by atoms with Crippen molar-refractivity contribution in [2.45, 2.75) is 6.54 Å². The molecule has 0 saturated carbocycles. The Hall–Kier alpha value is -3.75. The van der Waals surface area contributed by atoms with Crippen molar-refractivity contribution in [3.8, 4) is 17.2 Å². The third kappa shape index (κ3) is 4.05. The van der Waals surface area contributed by atoms with Crippen LogP contribution in [0.15, 0.2) is 47.5 Å². The van der Waals surface area contributed by atoms with E-state index in [9.17, 15) is 9.59 Å². The van der Waals surface area contributed by atoms with Crippen LogP contribution in [-0.4, -0.2) is 67.9 Å². The van der Waals surface area contributed by atoms with Gasteiger partial charge in [-0.15, -0.1) is 0 Å². The zero-order valence-electron chi connectivity index (χ0n) is 18.4. The van der Waals surface area contributed by atoms with Crippen molar-refractivity contribution in [2.24, 2.45) is 0 Å². The number of amides is 1. The van der Waals surface area contributed by atoms with E-state index in [1.54, 1.807) is 24.1 Å². The second kappa shape index (κ2) is 9.17. The largest absolute Gasteiger partial charge is 0.495 e. The minimum absolute atomic E-state index is 0.0647. The Morgan fingerprint density at radius 3 is 2.28 bits per heavy atom. The van der Waals surface area contributed by atoms with Gasteiger partial charge in [0, 0.05) is 32.2 Å². The highest BCUT2D eigenvalue weighted by Gasteiger charge is 2.23. The first-order valence-corrected chi connectivity index (χ1v) is 10.3. The summed E-state index contributed by atoms with van der Waals surface area (Å²) in [6, 6.07) is 11.1. The Morgan fingerprint density at radius 1 is 0.938 bits per heavy atom. The van der Waals surface area contributed by atoms with Crippen molar-refractivity contribution in [2.75, 3.05) is 52.4 Å². The third-order valence-electron chi connectivity index (χ3n) is 5.69. The van der Waals surface area contributed by atoms with Crippen LogP contribution in [0.1, 0.15) is 0 Å². The zero-order chi connectivity index (χ0) is 22.7. The van der Waals surface area contributed by atoms with Gasteiger partial charge in [0.2, 0.25) is 5.91 Å². The molecule has 0 atom stereocenters. The molecule has 1 aliphatic rings. The fourth-order valence-electron chi connectivity index (χ4n) is 3.93. The van der Waals surface area contributed by atoms with E-state index in [2.05, 4.69) is 9.88 Å². The Kier molecular flexibility index (Phi) is 6.16. The number of carbonyl (C=O) groups is 1. The minimum atomic E-state index is -0.294. The number of aromatic nitrogens is 2. The highest BCUT2D eigenvalue weighted by Crippen LogP contribution is 2.30. The van der Waals surface area contributed by atoms with E-state index in [1.807, 2.05) is 24.3 Å². The van der Waals surface area contributed by atoms with Crippen LogP contribution < -0.4 is 24.7 Å². The fraction of sp³-hybridized carbons (Fsp3) is 0.348. The maximum atomic E-state index is 13.0. The van der Waals surface area contributed by atoms with Crippen molar-refractivity contribution < 1.29 is 19.0 Å². The number of fused-ring (bicyclic) bond motifs is 1. The molecule has 1 aromatic heterocycles. The molecule has 1 amide bonds. The van der Waals surface area contributed by atoms with Gasteiger partial charge in [0.05, 0.1) is 44.2 Å². The maximum absolute atomic E-state index is 13.0. The smallest absolute Gasteiger partial charge is 0.261 e. The molecule has 2 aromatic carbocycles. The first kappa shape index (κ1) is 21.5. The van der Waals surface area contributed by atoms with Gasteiger partial charge < -0.3 is 24.0 Å². The van der Waals surface area contributed by atoms with Gasteiger partial charge in [0.25, 0.3) is 5.56 Å². The molecule has 0 radical (unpaired) electrons. The van der Waals surface area contributed by atoms with Gasteiger partial charge in [-0.1, -0.05) is 12.1 Å². The van der Waals surface area contributed by atoms with Gasteiger partial charge in [0.15, 0.2) is 11.5 Å². The van der Waals surface area contributed by atoms with E-state index in [-0.39, 0.29) is 18.0 Å². The number of piperazine rings is 1. The van der Waals surface area contributed by atoms with Crippen molar-refractivity contribution in [3.63, 3.8) is 0 Å². The quantitative estimate of drug-likeness (QED) is 0.580. The number of methoxy groups -OCH3 is 3. The lowest BCUT2D eigenvalue weighted by Crippen LogP contribution is -2.50. The van der Waals surface area contributed by atoms with Crippen LogP contribution in [0, 0.1) is 0 Å². The first-order valence-electron chi connectivity index (χ1n) is 10.3. The van der Waals surface area contributed by atoms with Gasteiger partial charge in [-0.05, 0) is 18.2 Å². The molecule has 0 spiro atoms. The predicted molar refractivity (Wildman–Crippen MR) is 121 cm³/mol. The molecule has 9 heteroatoms. The predicted octanol–water partition coefficient (Wildman–Crippen LogP) is 1.77. The van der Waals surface area contributed by atoms with Gasteiger partial charge in [-0.25, -0.2) is 4.98 Å². The molecular weight excluding hydrogens is 412 g/mol. The normalized spacial score (nSPS) is 13.8. The second-order valence-electron chi connectivity index (χ2n) is 7.44. The number of rotatable bonds is 6. The zero-order valence-corrected chi connectivity index (χ0v) is 18.4. The molecular formula is C23H26N4O5. The van der Waals surface area contributed by atoms with Crippen molar-refractivity contribution in [1.82, 2.24) is 14.5 Å². The Morgan fingerprint density at radius 2 is 1.59 bits per heavy atom. The number of para-hydroxylation sites is 2. The SMILES string of the molecule is COc1cc2ncn(CC(=O)N3CCN(c4ccccc4OC)CC3)c(=O)c2cc1OC. The number of benzene rings is 2. The Bertz CT molecular complexity index is 1180. The molecule has 0 N–H and O–H groups in total. The number of hydrogen-bond acceptors (Lipinski definition) is 7. The summed E-state index contributed by atoms with van der Waals surface area (Å²) >= 11 is 0. The molecule has 3 aromatic rings. The molecule has 1 saturated heterocycles. The fourth-order valence-corrected chi connectivity index (χ4v) is 3.93. The number of anilines is 1. The Labute approximate surface area is 185 Å². The van der Waals surface area contributed by atoms with Gasteiger partial charge >= 0.3 is 0 Å². The average molecular weight is 438 g/mol. The summed E-state index contributed by atoms with van der Waals surface area (Å²) in [5.74, 6) is 1.63. The lowest BCUT2D eigenvalue weighted by atomic mass is 10.2. The number of ether oxygens (including phenoxy) is 3. The molecule has 1 aliphatic heterocycles. The summed E-state index contributed by atoms with van der Waals surface area (Å²) in [5, 5.41) is 0.374. The maximum Gasteiger partial charge on any atom is 0.261 e. The monoisotopic (exact) mass is 438 g/mol. The molecule has 168 valence electrons. The van der Waals surface area contributed by atoms with Crippen LogP contribution in [0.5, 0.6) is 17.2 Å². The number of carbonyl (C=O) groups excluding carboxylic acids is 1. The number of nitrogens with zero attached hydrogens (tertiary/aromatic N) is 4. The van der Waals surface area contributed by atoms with E-state index >= 15 is 0 Å². The summed E-state index contributed by atoms with van der Waals surface area (Å²) in [6.45, 7) is 2.45. The molecule has 0 aliphatic carbocycles. The van der Waals surface area contributed by atoms with Gasteiger partial charge in [0.1, 0.15) is 12.3 Å². The summed E-state index contributed by atoms with van der Waals surface area (Å²) in [6.07, 6.45) is 1.40. The van der Waals surface area contributed by atoms with E-state index in [4.69, 9.17) is 14.2 Å².